The fourth-order valence-electron chi connectivity index (χ4n) is 3.37. The van der Waals surface area contributed by atoms with Gasteiger partial charge in [-0.25, -0.2) is 0 Å². The Morgan fingerprint density at radius 2 is 2.10 bits per heavy atom. The number of likely N-dealkylation sites (tertiary alicyclic amines) is 1. The predicted octanol–water partition coefficient (Wildman–Crippen LogP) is 1.48. The lowest BCUT2D eigenvalue weighted by Crippen LogP contribution is -2.37. The molecule has 7 heteroatoms. The van der Waals surface area contributed by atoms with Gasteiger partial charge in [-0.2, -0.15) is 5.10 Å². The highest BCUT2D eigenvalue weighted by Crippen LogP contribution is 2.37. The summed E-state index contributed by atoms with van der Waals surface area (Å²) in [7, 11) is 0. The summed E-state index contributed by atoms with van der Waals surface area (Å²) in [5.74, 6) is 1.30. The Balaban J connectivity index is 0.000001000. The molecule has 1 aliphatic carbocycles. The van der Waals surface area contributed by atoms with Gasteiger partial charge in [-0.3, -0.25) is 9.48 Å². The zero-order valence-electron chi connectivity index (χ0n) is 11.5. The van der Waals surface area contributed by atoms with Crippen molar-refractivity contribution in [3.05, 3.63) is 18.5 Å². The van der Waals surface area contributed by atoms with Crippen LogP contribution in [0.25, 0.3) is 0 Å². The van der Waals surface area contributed by atoms with E-state index in [1.807, 2.05) is 24.1 Å². The minimum absolute atomic E-state index is 0. The zero-order chi connectivity index (χ0) is 12.7. The summed E-state index contributed by atoms with van der Waals surface area (Å²) in [5.41, 5.74) is 6.10. The van der Waals surface area contributed by atoms with Crippen LogP contribution in [-0.2, 0) is 4.79 Å². The second kappa shape index (κ2) is 6.78. The number of amides is 1. The summed E-state index contributed by atoms with van der Waals surface area (Å²) >= 11 is 0. The van der Waals surface area contributed by atoms with Gasteiger partial charge in [0.1, 0.15) is 6.04 Å². The maximum atomic E-state index is 12.4. The topological polar surface area (TPSA) is 64.2 Å². The van der Waals surface area contributed by atoms with Gasteiger partial charge in [-0.05, 0) is 37.7 Å². The molecule has 3 rings (SSSR count). The van der Waals surface area contributed by atoms with Gasteiger partial charge < -0.3 is 10.6 Å². The van der Waals surface area contributed by atoms with Crippen LogP contribution < -0.4 is 5.73 Å². The third-order valence-corrected chi connectivity index (χ3v) is 4.50. The lowest BCUT2D eigenvalue weighted by Gasteiger charge is -2.22. The summed E-state index contributed by atoms with van der Waals surface area (Å²) in [6, 6.07) is 1.92. The van der Waals surface area contributed by atoms with Gasteiger partial charge in [0.25, 0.3) is 0 Å². The molecule has 4 atom stereocenters. The molecule has 2 heterocycles. The molecule has 0 radical (unpaired) electrons. The fraction of sp³-hybridized carbons (Fsp3) is 0.692. The Kier molecular flexibility index (Phi) is 5.86. The Morgan fingerprint density at radius 3 is 2.70 bits per heavy atom. The van der Waals surface area contributed by atoms with E-state index in [1.54, 1.807) is 10.9 Å². The lowest BCUT2D eigenvalue weighted by atomic mass is 9.98. The highest BCUT2D eigenvalue weighted by Gasteiger charge is 2.43. The van der Waals surface area contributed by atoms with Crippen molar-refractivity contribution in [2.24, 2.45) is 17.6 Å². The SMILES string of the molecule is CC(C(=O)N1CC2CCC(N)C2C1)n1cccn1.Cl.Cl. The zero-order valence-corrected chi connectivity index (χ0v) is 13.1. The third-order valence-electron chi connectivity index (χ3n) is 4.50. The molecule has 0 bridgehead atoms. The van der Waals surface area contributed by atoms with Gasteiger partial charge in [0.05, 0.1) is 0 Å². The smallest absolute Gasteiger partial charge is 0.247 e. The molecule has 4 unspecified atom stereocenters. The summed E-state index contributed by atoms with van der Waals surface area (Å²) < 4.78 is 1.72. The van der Waals surface area contributed by atoms with Crippen LogP contribution in [0.1, 0.15) is 25.8 Å². The Labute approximate surface area is 131 Å². The van der Waals surface area contributed by atoms with Gasteiger partial charge in [0.2, 0.25) is 5.91 Å². The van der Waals surface area contributed by atoms with Crippen LogP contribution in [0.2, 0.25) is 0 Å². The minimum atomic E-state index is -0.213. The molecule has 2 aliphatic rings. The van der Waals surface area contributed by atoms with E-state index in [0.717, 1.165) is 19.5 Å². The molecule has 2 N–H and O–H groups in total. The van der Waals surface area contributed by atoms with E-state index in [2.05, 4.69) is 5.10 Å². The van der Waals surface area contributed by atoms with Crippen LogP contribution in [0.3, 0.4) is 0 Å². The molecule has 1 amide bonds. The number of rotatable bonds is 2. The van der Waals surface area contributed by atoms with E-state index >= 15 is 0 Å². The van der Waals surface area contributed by atoms with Crippen LogP contribution in [0.5, 0.6) is 0 Å². The van der Waals surface area contributed by atoms with Crippen molar-refractivity contribution in [2.75, 3.05) is 13.1 Å². The Hall–Kier alpha value is -0.780. The number of nitrogens with two attached hydrogens (primary N) is 1. The van der Waals surface area contributed by atoms with Crippen molar-refractivity contribution in [3.63, 3.8) is 0 Å². The first-order valence-electron chi connectivity index (χ1n) is 6.70. The summed E-state index contributed by atoms with van der Waals surface area (Å²) in [6.07, 6.45) is 5.83. The molecule has 1 aromatic heterocycles. The van der Waals surface area contributed by atoms with Crippen molar-refractivity contribution in [1.29, 1.82) is 0 Å². The highest BCUT2D eigenvalue weighted by molar-refractivity contribution is 5.85. The van der Waals surface area contributed by atoms with Crippen LogP contribution in [0, 0.1) is 11.8 Å². The van der Waals surface area contributed by atoms with Gasteiger partial charge in [-0.15, -0.1) is 24.8 Å². The highest BCUT2D eigenvalue weighted by atomic mass is 35.5. The van der Waals surface area contributed by atoms with E-state index in [9.17, 15) is 4.79 Å². The predicted molar refractivity (Wildman–Crippen MR) is 82.2 cm³/mol. The first kappa shape index (κ1) is 17.3. The van der Waals surface area contributed by atoms with E-state index in [0.29, 0.717) is 11.8 Å². The molecule has 1 aliphatic heterocycles. The lowest BCUT2D eigenvalue weighted by molar-refractivity contribution is -0.133. The maximum absolute atomic E-state index is 12.4. The monoisotopic (exact) mass is 320 g/mol. The van der Waals surface area contributed by atoms with E-state index in [-0.39, 0.29) is 42.8 Å². The quantitative estimate of drug-likeness (QED) is 0.897. The normalized spacial score (nSPS) is 29.3. The molecule has 0 aromatic carbocycles. The molecule has 1 aromatic rings. The van der Waals surface area contributed by atoms with Crippen molar-refractivity contribution in [2.45, 2.75) is 31.8 Å². The second-order valence-electron chi connectivity index (χ2n) is 5.57. The first-order chi connectivity index (χ1) is 8.66. The van der Waals surface area contributed by atoms with E-state index in [4.69, 9.17) is 5.73 Å². The second-order valence-corrected chi connectivity index (χ2v) is 5.57. The minimum Gasteiger partial charge on any atom is -0.340 e. The van der Waals surface area contributed by atoms with Crippen molar-refractivity contribution in [3.8, 4) is 0 Å². The molecule has 2 fully saturated rings. The molecule has 0 spiro atoms. The maximum Gasteiger partial charge on any atom is 0.247 e. The Bertz CT molecular complexity index is 440. The largest absolute Gasteiger partial charge is 0.340 e. The van der Waals surface area contributed by atoms with Crippen LogP contribution in [0.4, 0.5) is 0 Å². The van der Waals surface area contributed by atoms with Crippen LogP contribution >= 0.6 is 24.8 Å². The summed E-state index contributed by atoms with van der Waals surface area (Å²) in [4.78, 5) is 14.4. The molecular weight excluding hydrogens is 299 g/mol. The average molecular weight is 321 g/mol. The third kappa shape index (κ3) is 2.95. The molecule has 1 saturated heterocycles. The average Bonchev–Trinajstić information content (AvgIpc) is 3.06. The number of aromatic nitrogens is 2. The number of hydrogen-bond acceptors (Lipinski definition) is 3. The number of carbonyl (C=O) groups is 1. The Morgan fingerprint density at radius 1 is 1.35 bits per heavy atom. The molecule has 5 nitrogen and oxygen atoms in total. The van der Waals surface area contributed by atoms with E-state index < -0.39 is 0 Å². The summed E-state index contributed by atoms with van der Waals surface area (Å²) in [5, 5.41) is 4.14. The van der Waals surface area contributed by atoms with Gasteiger partial charge in [0, 0.05) is 31.5 Å². The number of fused-ring (bicyclic) bond motifs is 1. The van der Waals surface area contributed by atoms with Gasteiger partial charge in [-0.1, -0.05) is 0 Å². The van der Waals surface area contributed by atoms with Crippen molar-refractivity contribution < 1.29 is 4.79 Å². The van der Waals surface area contributed by atoms with Gasteiger partial charge >= 0.3 is 0 Å². The fourth-order valence-corrected chi connectivity index (χ4v) is 3.37. The number of nitrogens with zero attached hydrogens (tertiary/aromatic N) is 3. The number of halogens is 2. The summed E-state index contributed by atoms with van der Waals surface area (Å²) in [6.45, 7) is 3.61. The molecule has 20 heavy (non-hydrogen) atoms. The van der Waals surface area contributed by atoms with Crippen molar-refractivity contribution >= 4 is 30.7 Å². The molecule has 1 saturated carbocycles. The number of hydrogen-bond donors (Lipinski definition) is 1. The van der Waals surface area contributed by atoms with Gasteiger partial charge in [0.15, 0.2) is 0 Å². The standard InChI is InChI=1S/C13H20N4O.2ClH/c1-9(17-6-2-5-15-17)13(18)16-7-10-3-4-12(14)11(10)8-16;;/h2,5-6,9-12H,3-4,7-8,14H2,1H3;2*1H. The van der Waals surface area contributed by atoms with Crippen molar-refractivity contribution in [1.82, 2.24) is 14.7 Å². The molecular formula is C13H22Cl2N4O. The van der Waals surface area contributed by atoms with E-state index in [1.165, 1.54) is 6.42 Å². The van der Waals surface area contributed by atoms with Crippen LogP contribution in [-0.4, -0.2) is 39.7 Å². The molecule has 114 valence electrons. The van der Waals surface area contributed by atoms with Crippen LogP contribution in [0.15, 0.2) is 18.5 Å². The number of carbonyl (C=O) groups excluding carboxylic acids is 1. The first-order valence-corrected chi connectivity index (χ1v) is 6.70.